The summed E-state index contributed by atoms with van der Waals surface area (Å²) in [4.78, 5) is 7.54. The average Bonchev–Trinajstić information content (AvgIpc) is 2.99. The molecule has 166 valence electrons. The first-order valence-electron chi connectivity index (χ1n) is 12.2. The minimum Gasteiger partial charge on any atom is -0.459 e. The first-order chi connectivity index (χ1) is 15.6. The van der Waals surface area contributed by atoms with Gasteiger partial charge in [-0.05, 0) is 43.4 Å². The van der Waals surface area contributed by atoms with Crippen molar-refractivity contribution < 1.29 is 4.74 Å². The summed E-state index contributed by atoms with van der Waals surface area (Å²) in [6, 6.07) is 21.4. The van der Waals surface area contributed by atoms with E-state index in [1.54, 1.807) is 0 Å². The molecular weight excluding hydrogens is 392 g/mol. The molecular formula is C29H34N2O. The van der Waals surface area contributed by atoms with E-state index in [-0.39, 0.29) is 5.41 Å². The average molecular weight is 427 g/mol. The van der Waals surface area contributed by atoms with Gasteiger partial charge in [0.2, 0.25) is 5.72 Å². The van der Waals surface area contributed by atoms with Crippen molar-refractivity contribution in [1.82, 2.24) is 0 Å². The van der Waals surface area contributed by atoms with Gasteiger partial charge in [-0.3, -0.25) is 4.99 Å². The van der Waals surface area contributed by atoms with Gasteiger partial charge in [-0.25, -0.2) is 0 Å². The standard InChI is InChI=1S/C29H34N2O/c1-4-5-6-7-8-13-20-31-25-17-12-11-16-24(25)28(2,3)29(31)21-30-27-23-15-10-9-14-22(23)18-19-26(27)32-29/h9-12,14-19,21H,4-8,13,20H2,1-3H3/t29-/m1/s1. The fourth-order valence-electron chi connectivity index (χ4n) is 5.49. The normalized spacial score (nSPS) is 20.4. The van der Waals surface area contributed by atoms with E-state index < -0.39 is 5.72 Å². The van der Waals surface area contributed by atoms with Gasteiger partial charge in [0.25, 0.3) is 0 Å². The number of hydrogen-bond donors (Lipinski definition) is 0. The zero-order chi connectivity index (χ0) is 22.2. The monoisotopic (exact) mass is 426 g/mol. The van der Waals surface area contributed by atoms with Gasteiger partial charge in [0, 0.05) is 17.6 Å². The summed E-state index contributed by atoms with van der Waals surface area (Å²) in [5.41, 5.74) is 2.72. The summed E-state index contributed by atoms with van der Waals surface area (Å²) in [5.74, 6) is 0.875. The van der Waals surface area contributed by atoms with Gasteiger partial charge in [0.1, 0.15) is 11.4 Å². The van der Waals surface area contributed by atoms with E-state index in [9.17, 15) is 0 Å². The van der Waals surface area contributed by atoms with Gasteiger partial charge < -0.3 is 9.64 Å². The maximum Gasteiger partial charge on any atom is 0.228 e. The van der Waals surface area contributed by atoms with E-state index in [2.05, 4.69) is 92.5 Å². The van der Waals surface area contributed by atoms with Crippen LogP contribution in [0.25, 0.3) is 10.8 Å². The molecule has 0 aliphatic carbocycles. The Balaban J connectivity index is 1.51. The Morgan fingerprint density at radius 1 is 0.844 bits per heavy atom. The predicted octanol–water partition coefficient (Wildman–Crippen LogP) is 7.79. The SMILES string of the molecule is CCCCCCCCN1c2ccccc2C(C)(C)[C@]12C=Nc1c(ccc3ccccc13)O2. The van der Waals surface area contributed by atoms with Crippen LogP contribution in [0.1, 0.15) is 64.9 Å². The maximum atomic E-state index is 6.97. The molecule has 0 amide bonds. The van der Waals surface area contributed by atoms with Crippen LogP contribution >= 0.6 is 0 Å². The van der Waals surface area contributed by atoms with Crippen LogP contribution in [-0.2, 0) is 5.41 Å². The number of nitrogens with zero attached hydrogens (tertiary/aromatic N) is 2. The Morgan fingerprint density at radius 2 is 1.59 bits per heavy atom. The van der Waals surface area contributed by atoms with E-state index >= 15 is 0 Å². The largest absolute Gasteiger partial charge is 0.459 e. The first-order valence-corrected chi connectivity index (χ1v) is 12.2. The fourth-order valence-corrected chi connectivity index (χ4v) is 5.49. The molecule has 3 nitrogen and oxygen atoms in total. The highest BCUT2D eigenvalue weighted by molar-refractivity contribution is 5.99. The molecule has 0 bridgehead atoms. The van der Waals surface area contributed by atoms with Crippen LogP contribution in [0.4, 0.5) is 11.4 Å². The van der Waals surface area contributed by atoms with Crippen LogP contribution in [-0.4, -0.2) is 18.5 Å². The molecule has 2 aliphatic rings. The zero-order valence-electron chi connectivity index (χ0n) is 19.6. The second-order valence-corrected chi connectivity index (χ2v) is 9.75. The smallest absolute Gasteiger partial charge is 0.228 e. The molecule has 0 radical (unpaired) electrons. The molecule has 1 atom stereocenters. The molecule has 3 aromatic carbocycles. The number of aliphatic imine (C=N–C) groups is 1. The van der Waals surface area contributed by atoms with Gasteiger partial charge in [-0.2, -0.15) is 0 Å². The third kappa shape index (κ3) is 3.21. The summed E-state index contributed by atoms with van der Waals surface area (Å²) in [5, 5.41) is 2.34. The number of para-hydroxylation sites is 1. The van der Waals surface area contributed by atoms with Gasteiger partial charge in [0.05, 0.1) is 11.6 Å². The van der Waals surface area contributed by atoms with Crippen molar-refractivity contribution in [1.29, 1.82) is 0 Å². The van der Waals surface area contributed by atoms with Crippen LogP contribution in [0, 0.1) is 0 Å². The highest BCUT2D eigenvalue weighted by Crippen LogP contribution is 2.54. The molecule has 32 heavy (non-hydrogen) atoms. The van der Waals surface area contributed by atoms with Crippen molar-refractivity contribution >= 4 is 28.4 Å². The predicted molar refractivity (Wildman–Crippen MR) is 136 cm³/mol. The summed E-state index contributed by atoms with van der Waals surface area (Å²) in [6.45, 7) is 7.84. The van der Waals surface area contributed by atoms with E-state index in [0.717, 1.165) is 29.8 Å². The third-order valence-corrected chi connectivity index (χ3v) is 7.40. The molecule has 0 unspecified atom stereocenters. The Morgan fingerprint density at radius 3 is 2.47 bits per heavy atom. The van der Waals surface area contributed by atoms with Crippen molar-refractivity contribution in [3.05, 3.63) is 66.2 Å². The van der Waals surface area contributed by atoms with Crippen molar-refractivity contribution in [2.45, 2.75) is 70.4 Å². The van der Waals surface area contributed by atoms with Gasteiger partial charge in [-0.15, -0.1) is 0 Å². The number of rotatable bonds is 7. The zero-order valence-corrected chi connectivity index (χ0v) is 19.6. The van der Waals surface area contributed by atoms with Crippen molar-refractivity contribution in [2.75, 3.05) is 11.4 Å². The molecule has 3 aromatic rings. The number of fused-ring (bicyclic) bond motifs is 4. The first kappa shape index (κ1) is 21.1. The number of anilines is 1. The molecule has 2 heterocycles. The highest BCUT2D eigenvalue weighted by Gasteiger charge is 2.59. The topological polar surface area (TPSA) is 24.8 Å². The van der Waals surface area contributed by atoms with Crippen molar-refractivity contribution in [3.8, 4) is 5.75 Å². The summed E-state index contributed by atoms with van der Waals surface area (Å²) in [6.07, 6.45) is 9.77. The molecule has 0 saturated carbocycles. The van der Waals surface area contributed by atoms with Crippen LogP contribution < -0.4 is 9.64 Å². The van der Waals surface area contributed by atoms with Crippen molar-refractivity contribution in [2.24, 2.45) is 4.99 Å². The Bertz CT molecular complexity index is 1150. The summed E-state index contributed by atoms with van der Waals surface area (Å²) < 4.78 is 6.97. The molecule has 0 aromatic heterocycles. The van der Waals surface area contributed by atoms with E-state index in [4.69, 9.17) is 9.73 Å². The van der Waals surface area contributed by atoms with E-state index in [1.807, 2.05) is 0 Å². The summed E-state index contributed by atoms with van der Waals surface area (Å²) in [7, 11) is 0. The fraction of sp³-hybridized carbons (Fsp3) is 0.414. The van der Waals surface area contributed by atoms with Gasteiger partial charge in [0.15, 0.2) is 0 Å². The second-order valence-electron chi connectivity index (χ2n) is 9.75. The molecule has 5 rings (SSSR count). The lowest BCUT2D eigenvalue weighted by Gasteiger charge is -2.46. The minimum absolute atomic E-state index is 0.224. The lowest BCUT2D eigenvalue weighted by molar-refractivity contribution is 0.0774. The number of benzene rings is 3. The van der Waals surface area contributed by atoms with Gasteiger partial charge in [-0.1, -0.05) is 87.6 Å². The van der Waals surface area contributed by atoms with Crippen LogP contribution in [0.15, 0.2) is 65.7 Å². The molecule has 3 heteroatoms. The van der Waals surface area contributed by atoms with Gasteiger partial charge >= 0.3 is 0 Å². The third-order valence-electron chi connectivity index (χ3n) is 7.40. The summed E-state index contributed by atoms with van der Waals surface area (Å²) >= 11 is 0. The Kier molecular flexibility index (Phi) is 5.44. The molecule has 0 saturated heterocycles. The quantitative estimate of drug-likeness (QED) is 0.360. The number of ether oxygens (including phenoxy) is 1. The maximum absolute atomic E-state index is 6.97. The van der Waals surface area contributed by atoms with Crippen LogP contribution in [0.5, 0.6) is 5.75 Å². The second kappa shape index (κ2) is 8.27. The van der Waals surface area contributed by atoms with Crippen LogP contribution in [0.2, 0.25) is 0 Å². The Hall–Kier alpha value is -2.81. The van der Waals surface area contributed by atoms with E-state index in [0.29, 0.717) is 0 Å². The molecule has 2 aliphatic heterocycles. The minimum atomic E-state index is -0.616. The van der Waals surface area contributed by atoms with Crippen LogP contribution in [0.3, 0.4) is 0 Å². The number of hydrogen-bond acceptors (Lipinski definition) is 3. The molecule has 0 N–H and O–H groups in total. The number of unbranched alkanes of at least 4 members (excludes halogenated alkanes) is 5. The van der Waals surface area contributed by atoms with E-state index in [1.165, 1.54) is 48.7 Å². The highest BCUT2D eigenvalue weighted by atomic mass is 16.5. The Labute approximate surface area is 192 Å². The molecule has 1 spiro atoms. The van der Waals surface area contributed by atoms with Crippen molar-refractivity contribution in [3.63, 3.8) is 0 Å². The lowest BCUT2D eigenvalue weighted by Crippen LogP contribution is -2.62. The molecule has 0 fully saturated rings. The lowest BCUT2D eigenvalue weighted by atomic mass is 9.77.